The van der Waals surface area contributed by atoms with Gasteiger partial charge in [0.2, 0.25) is 0 Å². The number of carbonyl (C=O) groups is 3. The summed E-state index contributed by atoms with van der Waals surface area (Å²) in [6.07, 6.45) is 7.69. The number of ether oxygens (including phenoxy) is 2. The summed E-state index contributed by atoms with van der Waals surface area (Å²) in [6.45, 7) is 2.71. The molecule has 0 aliphatic carbocycles. The summed E-state index contributed by atoms with van der Waals surface area (Å²) < 4.78 is 11.8. The number of para-hydroxylation sites is 1. The number of halogens is 1. The van der Waals surface area contributed by atoms with Crippen molar-refractivity contribution in [1.29, 1.82) is 0 Å². The Morgan fingerprint density at radius 3 is 2.49 bits per heavy atom. The van der Waals surface area contributed by atoms with E-state index in [9.17, 15) is 14.4 Å². The zero-order valence-corrected chi connectivity index (χ0v) is 25.3. The number of fused-ring (bicyclic) bond motifs is 2. The molecule has 0 saturated carbocycles. The van der Waals surface area contributed by atoms with Crippen LogP contribution in [-0.4, -0.2) is 78.2 Å². The van der Waals surface area contributed by atoms with Gasteiger partial charge in [-0.1, -0.05) is 35.7 Å². The topological polar surface area (TPSA) is 130 Å². The van der Waals surface area contributed by atoms with E-state index in [1.807, 2.05) is 36.4 Å². The van der Waals surface area contributed by atoms with E-state index in [1.165, 1.54) is 0 Å². The minimum absolute atomic E-state index is 0.0677. The molecule has 0 bridgehead atoms. The molecule has 1 aromatic heterocycles. The Bertz CT molecular complexity index is 1640. The van der Waals surface area contributed by atoms with Gasteiger partial charge in [-0.25, -0.2) is 9.59 Å². The summed E-state index contributed by atoms with van der Waals surface area (Å²) >= 11 is 6.35. The number of rotatable bonds is 5. The second kappa shape index (κ2) is 12.6. The number of nitrogens with one attached hydrogen (secondary N) is 1. The fourth-order valence-corrected chi connectivity index (χ4v) is 6.47. The molecule has 3 aliphatic rings. The second-order valence-electron chi connectivity index (χ2n) is 11.3. The van der Waals surface area contributed by atoms with Gasteiger partial charge in [0.1, 0.15) is 5.60 Å². The first-order chi connectivity index (χ1) is 21.8. The number of piperidine rings is 1. The molecule has 45 heavy (non-hydrogen) atoms. The number of amides is 3. The Hall–Kier alpha value is -4.95. The maximum atomic E-state index is 13.9. The van der Waals surface area contributed by atoms with Crippen LogP contribution in [0.3, 0.4) is 0 Å². The molecule has 0 radical (unpaired) electrons. The highest BCUT2D eigenvalue weighted by Gasteiger charge is 2.45. The van der Waals surface area contributed by atoms with Crippen molar-refractivity contribution in [2.45, 2.75) is 31.0 Å². The van der Waals surface area contributed by atoms with Crippen LogP contribution < -0.4 is 16.0 Å². The van der Waals surface area contributed by atoms with Gasteiger partial charge in [-0.2, -0.15) is 0 Å². The van der Waals surface area contributed by atoms with E-state index < -0.39 is 23.9 Å². The molecule has 1 spiro atoms. The van der Waals surface area contributed by atoms with Crippen LogP contribution in [0.4, 0.5) is 26.7 Å². The van der Waals surface area contributed by atoms with E-state index in [0.717, 1.165) is 11.3 Å². The molecule has 11 nitrogen and oxygen atoms in total. The molecule has 0 unspecified atom stereocenters. The van der Waals surface area contributed by atoms with Gasteiger partial charge in [0.15, 0.2) is 6.10 Å². The lowest BCUT2D eigenvalue weighted by molar-refractivity contribution is -0.141. The number of hydrogen-bond donors (Lipinski definition) is 2. The molecule has 4 heterocycles. The summed E-state index contributed by atoms with van der Waals surface area (Å²) in [5.74, 6) is 2.22. The van der Waals surface area contributed by atoms with E-state index in [4.69, 9.17) is 33.2 Å². The number of nitrogen functional groups attached to an aromatic ring is 1. The molecule has 3 amide bonds. The molecule has 3 aliphatic heterocycles. The average molecular weight is 629 g/mol. The van der Waals surface area contributed by atoms with E-state index in [1.54, 1.807) is 34.3 Å². The number of nitrogens with two attached hydrogens (primary N) is 1. The number of nitrogens with zero attached hydrogens (tertiary/aromatic N) is 4. The SMILES string of the molecule is C#Cc1cc(C[C@@H](OC(=O)N2CCC3(CC2)OC(=O)Nc2ccccc23)C(=O)N2CCN(c3ccncc3)CC2)cc(Cl)c1N. The van der Waals surface area contributed by atoms with E-state index >= 15 is 0 Å². The highest BCUT2D eigenvalue weighted by atomic mass is 35.5. The van der Waals surface area contributed by atoms with Crippen molar-refractivity contribution in [1.82, 2.24) is 14.8 Å². The number of pyridine rings is 1. The highest BCUT2D eigenvalue weighted by molar-refractivity contribution is 6.33. The standard InChI is InChI=1S/C33H33ClN6O5/c1-2-23-19-22(20-26(34)29(23)35)21-28(30(41)39-17-15-38(16-18-39)24-7-11-36-12-8-24)44-32(43)40-13-9-33(10-14-40)25-5-3-4-6-27(25)37-31(42)45-33/h1,3-8,11-12,19-20,28H,9-10,13-18,21,35H2,(H,37,42)/t28-/m1/s1. The normalized spacial score (nSPS) is 17.9. The Kier molecular flexibility index (Phi) is 8.41. The molecule has 12 heteroatoms. The smallest absolute Gasteiger partial charge is 0.412 e. The molecule has 3 aromatic rings. The zero-order valence-electron chi connectivity index (χ0n) is 24.6. The first-order valence-corrected chi connectivity index (χ1v) is 15.2. The summed E-state index contributed by atoms with van der Waals surface area (Å²) in [7, 11) is 0. The molecule has 3 N–H and O–H groups in total. The Labute approximate surface area is 266 Å². The van der Waals surface area contributed by atoms with Crippen LogP contribution in [-0.2, 0) is 26.3 Å². The lowest BCUT2D eigenvalue weighted by atomic mass is 9.82. The molecule has 2 fully saturated rings. The van der Waals surface area contributed by atoms with Crippen molar-refractivity contribution >= 4 is 46.8 Å². The fourth-order valence-electron chi connectivity index (χ4n) is 6.22. The largest absolute Gasteiger partial charge is 0.438 e. The van der Waals surface area contributed by atoms with Crippen molar-refractivity contribution in [3.63, 3.8) is 0 Å². The molecule has 2 aromatic carbocycles. The second-order valence-corrected chi connectivity index (χ2v) is 11.7. The molecular formula is C33H33ClN6O5. The summed E-state index contributed by atoms with van der Waals surface area (Å²) in [4.78, 5) is 49.4. The van der Waals surface area contributed by atoms with Crippen molar-refractivity contribution in [2.75, 3.05) is 55.2 Å². The summed E-state index contributed by atoms with van der Waals surface area (Å²) in [5.41, 5.74) is 9.09. The number of carbonyl (C=O) groups excluding carboxylic acids is 3. The minimum atomic E-state index is -1.12. The zero-order chi connectivity index (χ0) is 31.6. The Morgan fingerprint density at radius 1 is 1.07 bits per heavy atom. The lowest BCUT2D eigenvalue weighted by Gasteiger charge is -2.44. The monoisotopic (exact) mass is 628 g/mol. The van der Waals surface area contributed by atoms with Crippen LogP contribution in [0.1, 0.15) is 29.5 Å². The first kappa shape index (κ1) is 30.1. The van der Waals surface area contributed by atoms with Crippen LogP contribution in [0.5, 0.6) is 0 Å². The Morgan fingerprint density at radius 2 is 1.78 bits per heavy atom. The van der Waals surface area contributed by atoms with Gasteiger partial charge in [-0.3, -0.25) is 15.1 Å². The number of terminal acetylenes is 1. The van der Waals surface area contributed by atoms with E-state index in [0.29, 0.717) is 55.8 Å². The first-order valence-electron chi connectivity index (χ1n) is 14.8. The van der Waals surface area contributed by atoms with Gasteiger partial charge in [-0.15, -0.1) is 6.42 Å². The minimum Gasteiger partial charge on any atom is -0.438 e. The van der Waals surface area contributed by atoms with Crippen LogP contribution in [0.15, 0.2) is 60.9 Å². The quantitative estimate of drug-likeness (QED) is 0.317. The summed E-state index contributed by atoms with van der Waals surface area (Å²) in [5, 5.41) is 3.01. The predicted octanol–water partition coefficient (Wildman–Crippen LogP) is 4.25. The molecule has 1 atom stereocenters. The van der Waals surface area contributed by atoms with Crippen LogP contribution >= 0.6 is 11.6 Å². The van der Waals surface area contributed by atoms with Crippen molar-refractivity contribution in [3.8, 4) is 12.3 Å². The van der Waals surface area contributed by atoms with Gasteiger partial charge >= 0.3 is 12.2 Å². The maximum Gasteiger partial charge on any atom is 0.412 e. The van der Waals surface area contributed by atoms with Crippen molar-refractivity contribution in [3.05, 3.63) is 82.6 Å². The van der Waals surface area contributed by atoms with Crippen LogP contribution in [0, 0.1) is 12.3 Å². The number of likely N-dealkylation sites (tertiary alicyclic amines) is 1. The van der Waals surface area contributed by atoms with Gasteiger partial charge in [0, 0.05) is 87.7 Å². The number of anilines is 3. The van der Waals surface area contributed by atoms with Crippen molar-refractivity contribution in [2.24, 2.45) is 0 Å². The third-order valence-electron chi connectivity index (χ3n) is 8.68. The molecular weight excluding hydrogens is 596 g/mol. The number of benzene rings is 2. The summed E-state index contributed by atoms with van der Waals surface area (Å²) in [6, 6.07) is 14.7. The highest BCUT2D eigenvalue weighted by Crippen LogP contribution is 2.43. The number of piperazine rings is 1. The van der Waals surface area contributed by atoms with Crippen molar-refractivity contribution < 1.29 is 23.9 Å². The van der Waals surface area contributed by atoms with Gasteiger partial charge < -0.3 is 29.9 Å². The molecule has 232 valence electrons. The van der Waals surface area contributed by atoms with Gasteiger partial charge in [-0.05, 0) is 35.9 Å². The Balaban J connectivity index is 1.17. The van der Waals surface area contributed by atoms with E-state index in [2.05, 4.69) is 21.1 Å². The lowest BCUT2D eigenvalue weighted by Crippen LogP contribution is -2.54. The van der Waals surface area contributed by atoms with Crippen LogP contribution in [0.2, 0.25) is 5.02 Å². The number of hydrogen-bond acceptors (Lipinski definition) is 8. The third kappa shape index (κ3) is 6.19. The molecule has 2 saturated heterocycles. The average Bonchev–Trinajstić information content (AvgIpc) is 3.06. The maximum absolute atomic E-state index is 13.9. The van der Waals surface area contributed by atoms with E-state index in [-0.39, 0.29) is 36.1 Å². The number of aromatic nitrogens is 1. The predicted molar refractivity (Wildman–Crippen MR) is 170 cm³/mol. The van der Waals surface area contributed by atoms with Gasteiger partial charge in [0.05, 0.1) is 16.4 Å². The van der Waals surface area contributed by atoms with Crippen LogP contribution in [0.25, 0.3) is 0 Å². The van der Waals surface area contributed by atoms with Gasteiger partial charge in [0.25, 0.3) is 5.91 Å². The molecule has 6 rings (SSSR count). The fraction of sp³-hybridized carbons (Fsp3) is 0.333. The third-order valence-corrected chi connectivity index (χ3v) is 8.99.